The number of alkyl halides is 3. The number of carbonyl (C=O) groups is 2. The third-order valence-corrected chi connectivity index (χ3v) is 2.78. The molecular formula is C14H10F3N3O3. The minimum atomic E-state index is -4.67. The molecule has 1 aromatic carbocycles. The maximum Gasteiger partial charge on any atom is 0.433 e. The normalized spacial score (nSPS) is 11.1. The summed E-state index contributed by atoms with van der Waals surface area (Å²) in [6.07, 6.45) is -3.83. The smallest absolute Gasteiger partial charge is 0.433 e. The van der Waals surface area contributed by atoms with Crippen molar-refractivity contribution in [1.29, 1.82) is 0 Å². The Morgan fingerprint density at radius 3 is 2.61 bits per heavy atom. The number of nitrogens with one attached hydrogen (secondary N) is 1. The Bertz CT molecular complexity index is 747. The first-order valence-corrected chi connectivity index (χ1v) is 6.28. The molecule has 0 spiro atoms. The van der Waals surface area contributed by atoms with Crippen LogP contribution in [-0.2, 0) is 12.7 Å². The van der Waals surface area contributed by atoms with Crippen molar-refractivity contribution in [3.05, 3.63) is 59.2 Å². The van der Waals surface area contributed by atoms with E-state index in [4.69, 9.17) is 5.11 Å². The summed E-state index contributed by atoms with van der Waals surface area (Å²) in [5, 5.41) is 11.2. The van der Waals surface area contributed by atoms with Crippen LogP contribution in [0.3, 0.4) is 0 Å². The number of carboxylic acids is 1. The molecule has 1 heterocycles. The molecule has 0 saturated heterocycles. The topological polar surface area (TPSA) is 92.2 Å². The number of benzene rings is 1. The van der Waals surface area contributed by atoms with Gasteiger partial charge in [-0.05, 0) is 23.8 Å². The van der Waals surface area contributed by atoms with Gasteiger partial charge in [0.1, 0.15) is 5.69 Å². The number of carboxylic acid groups (broad SMARTS) is 1. The van der Waals surface area contributed by atoms with Gasteiger partial charge >= 0.3 is 12.1 Å². The molecule has 2 aromatic rings. The summed E-state index contributed by atoms with van der Waals surface area (Å²) < 4.78 is 37.6. The Morgan fingerprint density at radius 2 is 1.96 bits per heavy atom. The second kappa shape index (κ2) is 6.42. The first-order valence-electron chi connectivity index (χ1n) is 6.28. The van der Waals surface area contributed by atoms with E-state index in [0.717, 1.165) is 6.20 Å². The van der Waals surface area contributed by atoms with E-state index in [0.29, 0.717) is 11.6 Å². The van der Waals surface area contributed by atoms with Crippen LogP contribution < -0.4 is 5.32 Å². The van der Waals surface area contributed by atoms with Crippen molar-refractivity contribution in [2.75, 3.05) is 0 Å². The Morgan fingerprint density at radius 1 is 1.22 bits per heavy atom. The lowest BCUT2D eigenvalue weighted by Gasteiger charge is -2.08. The van der Waals surface area contributed by atoms with Gasteiger partial charge in [0.2, 0.25) is 5.82 Å². The number of aromatic nitrogens is 2. The molecular weight excluding hydrogens is 315 g/mol. The van der Waals surface area contributed by atoms with Gasteiger partial charge in [-0.15, -0.1) is 0 Å². The largest absolute Gasteiger partial charge is 0.478 e. The summed E-state index contributed by atoms with van der Waals surface area (Å²) in [7, 11) is 0. The molecule has 0 aliphatic rings. The number of hydrogen-bond donors (Lipinski definition) is 2. The van der Waals surface area contributed by atoms with E-state index < -0.39 is 29.6 Å². The Balaban J connectivity index is 2.08. The number of carbonyl (C=O) groups excluding carboxylic acids is 1. The fraction of sp³-hybridized carbons (Fsp3) is 0.143. The van der Waals surface area contributed by atoms with Gasteiger partial charge in [-0.1, -0.05) is 12.1 Å². The summed E-state index contributed by atoms with van der Waals surface area (Å²) in [5.74, 6) is -2.63. The van der Waals surface area contributed by atoms with E-state index in [1.54, 1.807) is 6.07 Å². The molecule has 0 fully saturated rings. The monoisotopic (exact) mass is 325 g/mol. The maximum absolute atomic E-state index is 12.5. The van der Waals surface area contributed by atoms with E-state index >= 15 is 0 Å². The number of hydrogen-bond acceptors (Lipinski definition) is 4. The first kappa shape index (κ1) is 16.4. The van der Waals surface area contributed by atoms with E-state index in [1.165, 1.54) is 18.2 Å². The molecule has 0 saturated carbocycles. The molecule has 0 bridgehead atoms. The molecule has 0 radical (unpaired) electrons. The first-order chi connectivity index (χ1) is 10.8. The number of aromatic carboxylic acids is 1. The molecule has 2 N–H and O–H groups in total. The zero-order valence-corrected chi connectivity index (χ0v) is 11.5. The van der Waals surface area contributed by atoms with Gasteiger partial charge < -0.3 is 10.4 Å². The summed E-state index contributed by atoms with van der Waals surface area (Å²) in [6, 6.07) is 6.44. The van der Waals surface area contributed by atoms with Gasteiger partial charge in [-0.25, -0.2) is 14.8 Å². The molecule has 1 amide bonds. The predicted molar refractivity (Wildman–Crippen MR) is 71.6 cm³/mol. The molecule has 9 heteroatoms. The Hall–Kier alpha value is -2.97. The van der Waals surface area contributed by atoms with Crippen molar-refractivity contribution < 1.29 is 27.9 Å². The molecule has 120 valence electrons. The van der Waals surface area contributed by atoms with Crippen LogP contribution in [0, 0.1) is 0 Å². The lowest BCUT2D eigenvalue weighted by atomic mass is 10.1. The maximum atomic E-state index is 12.5. The van der Waals surface area contributed by atoms with Crippen LogP contribution in [-0.4, -0.2) is 27.0 Å². The SMILES string of the molecule is O=C(O)c1cccc(CNC(=O)c2nccc(C(F)(F)F)n2)c1. The molecule has 1 aromatic heterocycles. The number of amides is 1. The second-order valence-electron chi connectivity index (χ2n) is 4.45. The number of nitrogens with zero attached hydrogens (tertiary/aromatic N) is 2. The highest BCUT2D eigenvalue weighted by molar-refractivity contribution is 5.90. The zero-order valence-electron chi connectivity index (χ0n) is 11.5. The molecule has 23 heavy (non-hydrogen) atoms. The van der Waals surface area contributed by atoms with Crippen molar-refractivity contribution in [1.82, 2.24) is 15.3 Å². The van der Waals surface area contributed by atoms with E-state index in [2.05, 4.69) is 15.3 Å². The third kappa shape index (κ3) is 4.25. The van der Waals surface area contributed by atoms with Crippen LogP contribution in [0.25, 0.3) is 0 Å². The zero-order chi connectivity index (χ0) is 17.0. The highest BCUT2D eigenvalue weighted by Gasteiger charge is 2.33. The van der Waals surface area contributed by atoms with Gasteiger partial charge in [-0.3, -0.25) is 4.79 Å². The molecule has 6 nitrogen and oxygen atoms in total. The van der Waals surface area contributed by atoms with Gasteiger partial charge in [0.05, 0.1) is 5.56 Å². The van der Waals surface area contributed by atoms with Crippen LogP contribution >= 0.6 is 0 Å². The molecule has 0 aliphatic carbocycles. The van der Waals surface area contributed by atoms with Crippen molar-refractivity contribution >= 4 is 11.9 Å². The van der Waals surface area contributed by atoms with Crippen LogP contribution in [0.1, 0.15) is 32.2 Å². The minimum absolute atomic E-state index is 0.0343. The highest BCUT2D eigenvalue weighted by atomic mass is 19.4. The number of halogens is 3. The minimum Gasteiger partial charge on any atom is -0.478 e. The van der Waals surface area contributed by atoms with Crippen LogP contribution in [0.15, 0.2) is 36.5 Å². The van der Waals surface area contributed by atoms with Crippen molar-refractivity contribution in [2.45, 2.75) is 12.7 Å². The third-order valence-electron chi connectivity index (χ3n) is 2.78. The van der Waals surface area contributed by atoms with Crippen molar-refractivity contribution in [3.8, 4) is 0 Å². The standard InChI is InChI=1S/C14H10F3N3O3/c15-14(16,17)10-4-5-18-11(20-10)12(21)19-7-8-2-1-3-9(6-8)13(22)23/h1-6H,7H2,(H,19,21)(H,22,23). The molecule has 0 atom stereocenters. The average molecular weight is 325 g/mol. The number of rotatable bonds is 4. The van der Waals surface area contributed by atoms with Gasteiger partial charge in [0, 0.05) is 12.7 Å². The quantitative estimate of drug-likeness (QED) is 0.898. The Labute approximate surface area is 128 Å². The molecule has 0 unspecified atom stereocenters. The molecule has 0 aliphatic heterocycles. The predicted octanol–water partition coefficient (Wildman–Crippen LogP) is 2.12. The lowest BCUT2D eigenvalue weighted by Crippen LogP contribution is -2.26. The van der Waals surface area contributed by atoms with Crippen LogP contribution in [0.5, 0.6) is 0 Å². The van der Waals surface area contributed by atoms with E-state index in [-0.39, 0.29) is 12.1 Å². The summed E-state index contributed by atoms with van der Waals surface area (Å²) in [5.41, 5.74) is -0.706. The van der Waals surface area contributed by atoms with E-state index in [1.807, 2.05) is 0 Å². The van der Waals surface area contributed by atoms with Gasteiger partial charge in [0.15, 0.2) is 0 Å². The highest BCUT2D eigenvalue weighted by Crippen LogP contribution is 2.26. The Kier molecular flexibility index (Phi) is 4.58. The van der Waals surface area contributed by atoms with Crippen molar-refractivity contribution in [3.63, 3.8) is 0 Å². The van der Waals surface area contributed by atoms with Crippen LogP contribution in [0.4, 0.5) is 13.2 Å². The van der Waals surface area contributed by atoms with Crippen LogP contribution in [0.2, 0.25) is 0 Å². The molecule has 2 rings (SSSR count). The lowest BCUT2D eigenvalue weighted by molar-refractivity contribution is -0.141. The fourth-order valence-electron chi connectivity index (χ4n) is 1.70. The summed E-state index contributed by atoms with van der Waals surface area (Å²) >= 11 is 0. The van der Waals surface area contributed by atoms with Crippen molar-refractivity contribution in [2.24, 2.45) is 0 Å². The van der Waals surface area contributed by atoms with Gasteiger partial charge in [0.25, 0.3) is 5.91 Å². The van der Waals surface area contributed by atoms with Gasteiger partial charge in [-0.2, -0.15) is 13.2 Å². The second-order valence-corrected chi connectivity index (χ2v) is 4.45. The summed E-state index contributed by atoms with van der Waals surface area (Å²) in [4.78, 5) is 29.3. The van der Waals surface area contributed by atoms with E-state index in [9.17, 15) is 22.8 Å². The summed E-state index contributed by atoms with van der Waals surface area (Å²) in [6.45, 7) is -0.0699. The average Bonchev–Trinajstić information content (AvgIpc) is 2.52. The fourth-order valence-corrected chi connectivity index (χ4v) is 1.70.